The average molecular weight is 532 g/mol. The van der Waals surface area contributed by atoms with Gasteiger partial charge in [0.1, 0.15) is 24.0 Å². The van der Waals surface area contributed by atoms with Crippen LogP contribution in [0.25, 0.3) is 11.1 Å². The molecule has 3 aromatic carbocycles. The lowest BCUT2D eigenvalue weighted by Gasteiger charge is -2.55. The van der Waals surface area contributed by atoms with Crippen LogP contribution in [-0.2, 0) is 24.5 Å². The second-order valence-corrected chi connectivity index (χ2v) is 11.1. The average Bonchev–Trinajstić information content (AvgIpc) is 3.29. The number of carbonyl (C=O) groups excluding carboxylic acids is 1. The highest BCUT2D eigenvalue weighted by Crippen LogP contribution is 2.46. The van der Waals surface area contributed by atoms with Gasteiger partial charge in [-0.15, -0.1) is 0 Å². The number of alkyl carbamates (subject to hydrolysis) is 1. The minimum Gasteiger partial charge on any atom is -0.497 e. The lowest BCUT2D eigenvalue weighted by atomic mass is 9.84. The van der Waals surface area contributed by atoms with Crippen LogP contribution in [0, 0.1) is 5.41 Å². The number of ether oxygens (including phenoxy) is 5. The van der Waals surface area contributed by atoms with Crippen LogP contribution in [-0.4, -0.2) is 56.8 Å². The summed E-state index contributed by atoms with van der Waals surface area (Å²) in [7, 11) is 1.57. The quantitative estimate of drug-likeness (QED) is 0.462. The number of aliphatic hydroxyl groups is 1. The van der Waals surface area contributed by atoms with Crippen molar-refractivity contribution in [3.8, 4) is 16.9 Å². The third-order valence-electron chi connectivity index (χ3n) is 8.06. The van der Waals surface area contributed by atoms with E-state index in [4.69, 9.17) is 23.7 Å². The van der Waals surface area contributed by atoms with Crippen LogP contribution in [0.5, 0.6) is 5.75 Å². The van der Waals surface area contributed by atoms with Crippen molar-refractivity contribution in [2.24, 2.45) is 5.41 Å². The lowest BCUT2D eigenvalue weighted by Crippen LogP contribution is -2.72. The number of amides is 1. The van der Waals surface area contributed by atoms with Crippen LogP contribution in [0.1, 0.15) is 36.5 Å². The third-order valence-corrected chi connectivity index (χ3v) is 8.06. The zero-order valence-electron chi connectivity index (χ0n) is 22.3. The number of hydrogen-bond donors (Lipinski definition) is 2. The van der Waals surface area contributed by atoms with Gasteiger partial charge in [0.25, 0.3) is 0 Å². The first kappa shape index (κ1) is 25.8. The molecule has 204 valence electrons. The molecule has 1 amide bonds. The highest BCUT2D eigenvalue weighted by atomic mass is 16.9. The van der Waals surface area contributed by atoms with Crippen molar-refractivity contribution in [1.82, 2.24) is 5.32 Å². The summed E-state index contributed by atoms with van der Waals surface area (Å²) in [5.41, 5.74) is 3.09. The van der Waals surface area contributed by atoms with Gasteiger partial charge in [-0.3, -0.25) is 0 Å². The molecule has 0 spiro atoms. The van der Waals surface area contributed by atoms with E-state index in [1.54, 1.807) is 38.3 Å². The van der Waals surface area contributed by atoms with E-state index in [1.165, 1.54) is 0 Å². The Balaban J connectivity index is 1.25. The van der Waals surface area contributed by atoms with E-state index in [0.29, 0.717) is 31.1 Å². The normalized spacial score (nSPS) is 25.7. The van der Waals surface area contributed by atoms with Crippen molar-refractivity contribution >= 4 is 6.09 Å². The Morgan fingerprint density at radius 1 is 0.974 bits per heavy atom. The summed E-state index contributed by atoms with van der Waals surface area (Å²) in [5.74, 6) is -1.13. The van der Waals surface area contributed by atoms with Crippen LogP contribution in [0.15, 0.2) is 72.8 Å². The van der Waals surface area contributed by atoms with Crippen molar-refractivity contribution in [2.45, 2.75) is 37.4 Å². The number of rotatable bonds is 7. The molecule has 8 heteroatoms. The summed E-state index contributed by atoms with van der Waals surface area (Å²) >= 11 is 0. The fraction of sp³-hybridized carbons (Fsp3) is 0.387. The Hall–Kier alpha value is -3.43. The van der Waals surface area contributed by atoms with Gasteiger partial charge in [-0.25, -0.2) is 4.79 Å². The molecule has 3 aromatic rings. The maximum absolute atomic E-state index is 13.4. The highest BCUT2D eigenvalue weighted by Gasteiger charge is 2.61. The minimum atomic E-state index is -1.67. The fourth-order valence-electron chi connectivity index (χ4n) is 5.75. The van der Waals surface area contributed by atoms with Gasteiger partial charge in [0.2, 0.25) is 0 Å². The van der Waals surface area contributed by atoms with Crippen LogP contribution < -0.4 is 10.1 Å². The number of methoxy groups -OCH3 is 1. The van der Waals surface area contributed by atoms with E-state index in [0.717, 1.165) is 22.3 Å². The Labute approximate surface area is 227 Å². The Bertz CT molecular complexity index is 1300. The van der Waals surface area contributed by atoms with Gasteiger partial charge in [0.15, 0.2) is 0 Å². The molecule has 3 saturated heterocycles. The molecule has 0 aromatic heterocycles. The highest BCUT2D eigenvalue weighted by molar-refractivity contribution is 5.79. The Morgan fingerprint density at radius 3 is 2.05 bits per heavy atom. The zero-order chi connectivity index (χ0) is 27.3. The summed E-state index contributed by atoms with van der Waals surface area (Å²) in [4.78, 5) is 13.4. The molecule has 4 aliphatic rings. The molecule has 0 radical (unpaired) electrons. The molecule has 3 heterocycles. The second kappa shape index (κ2) is 9.64. The zero-order valence-corrected chi connectivity index (χ0v) is 22.3. The molecule has 2 atom stereocenters. The fourth-order valence-corrected chi connectivity index (χ4v) is 5.75. The lowest BCUT2D eigenvalue weighted by molar-refractivity contribution is -0.482. The first-order valence-corrected chi connectivity index (χ1v) is 13.1. The summed E-state index contributed by atoms with van der Waals surface area (Å²) in [6.07, 6.45) is -0.709. The van der Waals surface area contributed by atoms with Gasteiger partial charge >= 0.3 is 12.1 Å². The van der Waals surface area contributed by atoms with Crippen molar-refractivity contribution in [2.75, 3.05) is 33.5 Å². The first-order chi connectivity index (χ1) is 18.7. The standard InChI is InChI=1S/C31H33NO7/c1-29-17-37-31(38-18-29,39-19-29)27(30(2,34)20-12-14-21(35-3)15-13-20)32-28(33)36-16-26-24-10-6-4-8-22(24)23-9-5-7-11-25(23)26/h4-15,26-27,34H,16-19H2,1-3H3,(H,32,33)/t27-,29?,30-,31?/m0/s1. The van der Waals surface area contributed by atoms with E-state index < -0.39 is 23.7 Å². The van der Waals surface area contributed by atoms with Crippen LogP contribution in [0.3, 0.4) is 0 Å². The number of hydrogen-bond acceptors (Lipinski definition) is 7. The number of nitrogens with one attached hydrogen (secondary N) is 1. The second-order valence-electron chi connectivity index (χ2n) is 11.1. The van der Waals surface area contributed by atoms with Gasteiger partial charge < -0.3 is 34.1 Å². The molecule has 2 bridgehead atoms. The molecule has 8 nitrogen and oxygen atoms in total. The molecule has 39 heavy (non-hydrogen) atoms. The van der Waals surface area contributed by atoms with E-state index in [2.05, 4.69) is 29.6 Å². The molecule has 2 N–H and O–H groups in total. The summed E-state index contributed by atoms with van der Waals surface area (Å²) in [6.45, 7) is 4.84. The third kappa shape index (κ3) is 4.47. The van der Waals surface area contributed by atoms with Crippen molar-refractivity contribution < 1.29 is 33.6 Å². The largest absolute Gasteiger partial charge is 0.497 e. The van der Waals surface area contributed by atoms with Crippen molar-refractivity contribution in [3.63, 3.8) is 0 Å². The van der Waals surface area contributed by atoms with E-state index in [9.17, 15) is 9.90 Å². The van der Waals surface area contributed by atoms with Gasteiger partial charge in [0, 0.05) is 11.3 Å². The van der Waals surface area contributed by atoms with Gasteiger partial charge in [-0.05, 0) is 46.9 Å². The van der Waals surface area contributed by atoms with Gasteiger partial charge in [0.05, 0.1) is 26.9 Å². The minimum absolute atomic E-state index is 0.101. The molecule has 7 rings (SSSR count). The topological polar surface area (TPSA) is 95.5 Å². The van der Waals surface area contributed by atoms with E-state index >= 15 is 0 Å². The number of carbonyl (C=O) groups is 1. The molecule has 3 aliphatic heterocycles. The van der Waals surface area contributed by atoms with Crippen LogP contribution in [0.4, 0.5) is 4.79 Å². The Morgan fingerprint density at radius 2 is 1.51 bits per heavy atom. The predicted molar refractivity (Wildman–Crippen MR) is 143 cm³/mol. The molecule has 0 unspecified atom stereocenters. The SMILES string of the molecule is COc1ccc([C@](C)(O)[C@H](NC(=O)OCC2c3ccccc3-c3ccccc32)C23OCC(C)(CO2)CO3)cc1. The molecule has 3 fully saturated rings. The van der Waals surface area contributed by atoms with E-state index in [1.807, 2.05) is 31.2 Å². The molecule has 1 aliphatic carbocycles. The van der Waals surface area contributed by atoms with Gasteiger partial charge in [-0.1, -0.05) is 67.6 Å². The van der Waals surface area contributed by atoms with Crippen molar-refractivity contribution in [1.29, 1.82) is 0 Å². The molecular formula is C31H33NO7. The molecular weight excluding hydrogens is 498 g/mol. The number of fused-ring (bicyclic) bond motifs is 6. The first-order valence-electron chi connectivity index (χ1n) is 13.1. The molecule has 0 saturated carbocycles. The summed E-state index contributed by atoms with van der Waals surface area (Å²) < 4.78 is 29.2. The number of benzene rings is 3. The summed E-state index contributed by atoms with van der Waals surface area (Å²) in [5, 5.41) is 14.7. The van der Waals surface area contributed by atoms with Crippen LogP contribution >= 0.6 is 0 Å². The summed E-state index contributed by atoms with van der Waals surface area (Å²) in [6, 6.07) is 22.1. The smallest absolute Gasteiger partial charge is 0.407 e. The van der Waals surface area contributed by atoms with Gasteiger partial charge in [-0.2, -0.15) is 0 Å². The monoisotopic (exact) mass is 531 g/mol. The predicted octanol–water partition coefficient (Wildman–Crippen LogP) is 4.55. The van der Waals surface area contributed by atoms with E-state index in [-0.39, 0.29) is 17.9 Å². The van der Waals surface area contributed by atoms with Crippen LogP contribution in [0.2, 0.25) is 0 Å². The maximum atomic E-state index is 13.4. The Kier molecular flexibility index (Phi) is 6.38. The van der Waals surface area contributed by atoms with Crippen molar-refractivity contribution in [3.05, 3.63) is 89.5 Å². The maximum Gasteiger partial charge on any atom is 0.407 e.